The number of carbonyl (C=O) groups excluding carboxylic acids is 2. The minimum atomic E-state index is -0.995. The number of alkyl carbamates (subject to hydrolysis) is 1. The molecule has 0 aliphatic carbocycles. The van der Waals surface area contributed by atoms with Gasteiger partial charge in [-0.25, -0.2) is 14.4 Å². The zero-order valence-corrected chi connectivity index (χ0v) is 21.9. The Hall–Kier alpha value is -4.39. The van der Waals surface area contributed by atoms with E-state index in [4.69, 9.17) is 13.9 Å². The first-order valence-corrected chi connectivity index (χ1v) is 12.4. The molecule has 0 saturated heterocycles. The van der Waals surface area contributed by atoms with Crippen molar-refractivity contribution in [1.29, 1.82) is 0 Å². The third-order valence-corrected chi connectivity index (χ3v) is 5.96. The molecule has 4 rings (SSSR count). The molecule has 1 N–H and O–H groups in total. The van der Waals surface area contributed by atoms with E-state index < -0.39 is 29.3 Å². The van der Waals surface area contributed by atoms with Crippen LogP contribution in [0.15, 0.2) is 88.1 Å². The van der Waals surface area contributed by atoms with Crippen LogP contribution in [0, 0.1) is 6.92 Å². The van der Waals surface area contributed by atoms with Gasteiger partial charge in [0.05, 0.1) is 0 Å². The number of carbonyl (C=O) groups is 2. The van der Waals surface area contributed by atoms with Crippen LogP contribution in [-0.2, 0) is 22.4 Å². The molecule has 0 aliphatic rings. The van der Waals surface area contributed by atoms with Gasteiger partial charge in [-0.15, -0.1) is 0 Å². The number of hydrogen-bond donors (Lipinski definition) is 1. The van der Waals surface area contributed by atoms with Gasteiger partial charge in [-0.3, -0.25) is 0 Å². The highest BCUT2D eigenvalue weighted by Gasteiger charge is 2.26. The molecule has 1 atom stereocenters. The Morgan fingerprint density at radius 3 is 2.18 bits per heavy atom. The topological polar surface area (TPSA) is 94.8 Å². The number of hydrogen-bond acceptors (Lipinski definition) is 6. The molecule has 196 valence electrons. The van der Waals surface area contributed by atoms with Gasteiger partial charge in [0, 0.05) is 29.9 Å². The molecular weight excluding hydrogens is 482 g/mol. The molecule has 0 fully saturated rings. The van der Waals surface area contributed by atoms with E-state index in [1.54, 1.807) is 32.9 Å². The Bertz CT molecular complexity index is 1490. The van der Waals surface area contributed by atoms with Gasteiger partial charge in [0.2, 0.25) is 0 Å². The summed E-state index contributed by atoms with van der Waals surface area (Å²) in [6.07, 6.45) is -0.0515. The normalized spacial score (nSPS) is 12.1. The number of aryl methyl sites for hydroxylation is 1. The monoisotopic (exact) mass is 513 g/mol. The SMILES string of the molecule is Cc1c(Cc2ccccc2)c(=O)oc2cc(OC(=O)[C@H](Cc3ccccc3)NC(=O)OC(C)(C)C)ccc12. The number of rotatable bonds is 7. The van der Waals surface area contributed by atoms with Gasteiger partial charge in [0.25, 0.3) is 0 Å². The lowest BCUT2D eigenvalue weighted by atomic mass is 10.00. The number of nitrogens with one attached hydrogen (secondary N) is 1. The molecule has 0 spiro atoms. The van der Waals surface area contributed by atoms with E-state index in [9.17, 15) is 14.4 Å². The van der Waals surface area contributed by atoms with Crippen molar-refractivity contribution >= 4 is 23.0 Å². The molecule has 7 heteroatoms. The van der Waals surface area contributed by atoms with Crippen LogP contribution < -0.4 is 15.7 Å². The average Bonchev–Trinajstić information content (AvgIpc) is 2.86. The maximum Gasteiger partial charge on any atom is 0.408 e. The van der Waals surface area contributed by atoms with Crippen molar-refractivity contribution in [2.45, 2.75) is 52.2 Å². The van der Waals surface area contributed by atoms with Crippen molar-refractivity contribution in [3.63, 3.8) is 0 Å². The van der Waals surface area contributed by atoms with Crippen molar-refractivity contribution in [2.24, 2.45) is 0 Å². The van der Waals surface area contributed by atoms with Gasteiger partial charge in [0.1, 0.15) is 23.0 Å². The Labute approximate surface area is 221 Å². The van der Waals surface area contributed by atoms with Crippen LogP contribution in [0.4, 0.5) is 4.79 Å². The maximum atomic E-state index is 13.2. The van der Waals surface area contributed by atoms with Crippen molar-refractivity contribution < 1.29 is 23.5 Å². The minimum absolute atomic E-state index is 0.199. The first kappa shape index (κ1) is 26.7. The molecule has 0 radical (unpaired) electrons. The standard InChI is InChI=1S/C31H31NO6/c1-20-24-16-15-23(19-27(24)37-28(33)25(20)17-21-11-7-5-8-12-21)36-29(34)26(18-22-13-9-6-10-14-22)32-30(35)38-31(2,3)4/h5-16,19,26H,17-18H2,1-4H3,(H,32,35)/t26-/m0/s1. The number of amides is 1. The highest BCUT2D eigenvalue weighted by molar-refractivity contribution is 5.86. The van der Waals surface area contributed by atoms with E-state index in [-0.39, 0.29) is 12.2 Å². The average molecular weight is 514 g/mol. The highest BCUT2D eigenvalue weighted by atomic mass is 16.6. The zero-order valence-electron chi connectivity index (χ0n) is 21.9. The second-order valence-electron chi connectivity index (χ2n) is 10.1. The van der Waals surface area contributed by atoms with Gasteiger partial charge >= 0.3 is 17.7 Å². The third kappa shape index (κ3) is 6.88. The van der Waals surface area contributed by atoms with Gasteiger partial charge in [-0.05, 0) is 56.5 Å². The van der Waals surface area contributed by atoms with Crippen LogP contribution in [0.25, 0.3) is 11.0 Å². The molecule has 3 aromatic carbocycles. The molecule has 1 heterocycles. The summed E-state index contributed by atoms with van der Waals surface area (Å²) in [5.74, 6) is -0.469. The summed E-state index contributed by atoms with van der Waals surface area (Å²) in [4.78, 5) is 38.4. The molecule has 1 aromatic heterocycles. The summed E-state index contributed by atoms with van der Waals surface area (Å²) < 4.78 is 16.6. The van der Waals surface area contributed by atoms with Crippen molar-refractivity contribution in [3.05, 3.63) is 112 Å². The first-order chi connectivity index (χ1) is 18.1. The number of esters is 1. The van der Waals surface area contributed by atoms with E-state index in [1.807, 2.05) is 67.6 Å². The predicted octanol–water partition coefficient (Wildman–Crippen LogP) is 5.73. The maximum absolute atomic E-state index is 13.2. The molecule has 0 saturated carbocycles. The minimum Gasteiger partial charge on any atom is -0.444 e. The summed E-state index contributed by atoms with van der Waals surface area (Å²) in [6.45, 7) is 7.11. The van der Waals surface area contributed by atoms with Crippen LogP contribution in [0.5, 0.6) is 5.75 Å². The van der Waals surface area contributed by atoms with Crippen LogP contribution >= 0.6 is 0 Å². The van der Waals surface area contributed by atoms with Gasteiger partial charge < -0.3 is 19.2 Å². The third-order valence-electron chi connectivity index (χ3n) is 5.96. The van der Waals surface area contributed by atoms with Crippen LogP contribution in [0.3, 0.4) is 0 Å². The summed E-state index contributed by atoms with van der Waals surface area (Å²) >= 11 is 0. The molecule has 0 aliphatic heterocycles. The van der Waals surface area contributed by atoms with E-state index in [0.29, 0.717) is 17.6 Å². The Kier molecular flexibility index (Phi) is 7.96. The Morgan fingerprint density at radius 2 is 1.55 bits per heavy atom. The fourth-order valence-corrected chi connectivity index (χ4v) is 4.12. The quantitative estimate of drug-likeness (QED) is 0.193. The van der Waals surface area contributed by atoms with Crippen molar-refractivity contribution in [3.8, 4) is 5.75 Å². The molecule has 4 aromatic rings. The molecule has 1 amide bonds. The zero-order chi connectivity index (χ0) is 27.3. The van der Waals surface area contributed by atoms with Crippen LogP contribution in [0.2, 0.25) is 0 Å². The second-order valence-corrected chi connectivity index (χ2v) is 10.1. The fraction of sp³-hybridized carbons (Fsp3) is 0.258. The smallest absolute Gasteiger partial charge is 0.408 e. The number of fused-ring (bicyclic) bond motifs is 1. The lowest BCUT2D eigenvalue weighted by molar-refractivity contribution is -0.136. The first-order valence-electron chi connectivity index (χ1n) is 12.4. The largest absolute Gasteiger partial charge is 0.444 e. The Morgan fingerprint density at radius 1 is 0.921 bits per heavy atom. The van der Waals surface area contributed by atoms with Crippen molar-refractivity contribution in [1.82, 2.24) is 5.32 Å². The van der Waals surface area contributed by atoms with E-state index in [0.717, 1.165) is 22.1 Å². The Balaban J connectivity index is 1.57. The molecule has 7 nitrogen and oxygen atoms in total. The molecule has 38 heavy (non-hydrogen) atoms. The van der Waals surface area contributed by atoms with Crippen LogP contribution in [0.1, 0.15) is 43.0 Å². The summed E-state index contributed by atoms with van der Waals surface area (Å²) in [5, 5.41) is 3.37. The second kappa shape index (κ2) is 11.3. The van der Waals surface area contributed by atoms with E-state index in [1.165, 1.54) is 6.07 Å². The lowest BCUT2D eigenvalue weighted by Crippen LogP contribution is -2.46. The lowest BCUT2D eigenvalue weighted by Gasteiger charge is -2.23. The summed E-state index contributed by atoms with van der Waals surface area (Å²) in [6, 6.07) is 22.9. The highest BCUT2D eigenvalue weighted by Crippen LogP contribution is 2.26. The van der Waals surface area contributed by atoms with Crippen LogP contribution in [-0.4, -0.2) is 23.7 Å². The number of benzene rings is 3. The summed E-state index contributed by atoms with van der Waals surface area (Å²) in [7, 11) is 0. The van der Waals surface area contributed by atoms with Gasteiger partial charge in [-0.1, -0.05) is 60.7 Å². The summed E-state index contributed by atoms with van der Waals surface area (Å²) in [5.41, 5.74) is 2.40. The van der Waals surface area contributed by atoms with Crippen molar-refractivity contribution in [2.75, 3.05) is 0 Å². The fourth-order valence-electron chi connectivity index (χ4n) is 4.12. The van der Waals surface area contributed by atoms with E-state index in [2.05, 4.69) is 5.32 Å². The molecular formula is C31H31NO6. The van der Waals surface area contributed by atoms with Gasteiger partial charge in [-0.2, -0.15) is 0 Å². The molecule has 0 bridgehead atoms. The predicted molar refractivity (Wildman–Crippen MR) is 145 cm³/mol. The van der Waals surface area contributed by atoms with E-state index >= 15 is 0 Å². The number of ether oxygens (including phenoxy) is 2. The molecule has 0 unspecified atom stereocenters. The van der Waals surface area contributed by atoms with Gasteiger partial charge in [0.15, 0.2) is 0 Å².